The SMILES string of the molecule is CCOc1ccc(NC(=O)CN(C)C2CCCNC2)cc1. The maximum Gasteiger partial charge on any atom is 0.238 e. The van der Waals surface area contributed by atoms with Gasteiger partial charge in [0, 0.05) is 18.3 Å². The Bertz CT molecular complexity index is 441. The number of benzene rings is 1. The summed E-state index contributed by atoms with van der Waals surface area (Å²) in [5, 5.41) is 6.29. The monoisotopic (exact) mass is 291 g/mol. The summed E-state index contributed by atoms with van der Waals surface area (Å²) in [6, 6.07) is 7.92. The Morgan fingerprint density at radius 2 is 2.19 bits per heavy atom. The molecule has 0 saturated carbocycles. The van der Waals surface area contributed by atoms with Gasteiger partial charge in [0.2, 0.25) is 5.91 Å². The number of carbonyl (C=O) groups excluding carboxylic acids is 1. The Morgan fingerprint density at radius 1 is 1.43 bits per heavy atom. The van der Waals surface area contributed by atoms with Crippen LogP contribution in [0.4, 0.5) is 5.69 Å². The van der Waals surface area contributed by atoms with E-state index in [2.05, 4.69) is 15.5 Å². The second-order valence-electron chi connectivity index (χ2n) is 5.42. The van der Waals surface area contributed by atoms with Gasteiger partial charge < -0.3 is 15.4 Å². The van der Waals surface area contributed by atoms with Crippen molar-refractivity contribution in [2.24, 2.45) is 0 Å². The van der Waals surface area contributed by atoms with E-state index >= 15 is 0 Å². The average molecular weight is 291 g/mol. The molecule has 1 amide bonds. The summed E-state index contributed by atoms with van der Waals surface area (Å²) in [7, 11) is 2.01. The highest BCUT2D eigenvalue weighted by molar-refractivity contribution is 5.92. The first-order valence-corrected chi connectivity index (χ1v) is 7.62. The summed E-state index contributed by atoms with van der Waals surface area (Å²) >= 11 is 0. The van der Waals surface area contributed by atoms with Crippen molar-refractivity contribution in [2.75, 3.05) is 38.6 Å². The molecule has 0 bridgehead atoms. The molecule has 2 rings (SSSR count). The topological polar surface area (TPSA) is 53.6 Å². The molecule has 0 aliphatic carbocycles. The molecule has 1 heterocycles. The molecule has 21 heavy (non-hydrogen) atoms. The number of amides is 1. The van der Waals surface area contributed by atoms with Crippen molar-refractivity contribution in [2.45, 2.75) is 25.8 Å². The zero-order chi connectivity index (χ0) is 15.1. The van der Waals surface area contributed by atoms with E-state index in [-0.39, 0.29) is 5.91 Å². The first-order chi connectivity index (χ1) is 10.2. The highest BCUT2D eigenvalue weighted by atomic mass is 16.5. The van der Waals surface area contributed by atoms with Crippen LogP contribution in [0.5, 0.6) is 5.75 Å². The van der Waals surface area contributed by atoms with Crippen LogP contribution in [-0.4, -0.2) is 50.1 Å². The highest BCUT2D eigenvalue weighted by Gasteiger charge is 2.19. The molecule has 2 N–H and O–H groups in total. The number of nitrogens with zero attached hydrogens (tertiary/aromatic N) is 1. The van der Waals surface area contributed by atoms with E-state index in [0.29, 0.717) is 19.2 Å². The lowest BCUT2D eigenvalue weighted by Crippen LogP contribution is -2.46. The van der Waals surface area contributed by atoms with E-state index < -0.39 is 0 Å². The molecule has 1 fully saturated rings. The number of hydrogen-bond donors (Lipinski definition) is 2. The number of nitrogens with one attached hydrogen (secondary N) is 2. The van der Waals surface area contributed by atoms with E-state index in [1.165, 1.54) is 6.42 Å². The number of piperidine rings is 1. The van der Waals surface area contributed by atoms with Gasteiger partial charge in [-0.25, -0.2) is 0 Å². The number of likely N-dealkylation sites (N-methyl/N-ethyl adjacent to an activating group) is 1. The quantitative estimate of drug-likeness (QED) is 0.838. The Morgan fingerprint density at radius 3 is 2.81 bits per heavy atom. The third kappa shape index (κ3) is 5.02. The summed E-state index contributed by atoms with van der Waals surface area (Å²) in [4.78, 5) is 14.2. The molecular weight excluding hydrogens is 266 g/mol. The largest absolute Gasteiger partial charge is 0.494 e. The lowest BCUT2D eigenvalue weighted by molar-refractivity contribution is -0.117. The van der Waals surface area contributed by atoms with Gasteiger partial charge >= 0.3 is 0 Å². The van der Waals surface area contributed by atoms with Crippen LogP contribution in [0.1, 0.15) is 19.8 Å². The highest BCUT2D eigenvalue weighted by Crippen LogP contribution is 2.15. The van der Waals surface area contributed by atoms with Crippen molar-refractivity contribution in [3.05, 3.63) is 24.3 Å². The third-order valence-corrected chi connectivity index (χ3v) is 3.74. The summed E-state index contributed by atoms with van der Waals surface area (Å²) < 4.78 is 5.38. The predicted molar refractivity (Wildman–Crippen MR) is 84.8 cm³/mol. The molecule has 1 unspecified atom stereocenters. The van der Waals surface area contributed by atoms with E-state index in [9.17, 15) is 4.79 Å². The van der Waals surface area contributed by atoms with Gasteiger partial charge in [0.1, 0.15) is 5.75 Å². The molecular formula is C16H25N3O2. The van der Waals surface area contributed by atoms with Crippen LogP contribution < -0.4 is 15.4 Å². The number of ether oxygens (including phenoxy) is 1. The van der Waals surface area contributed by atoms with Gasteiger partial charge in [0.15, 0.2) is 0 Å². The summed E-state index contributed by atoms with van der Waals surface area (Å²) in [6.45, 7) is 5.06. The fourth-order valence-corrected chi connectivity index (χ4v) is 2.57. The predicted octanol–water partition coefficient (Wildman–Crippen LogP) is 1.71. The fraction of sp³-hybridized carbons (Fsp3) is 0.562. The average Bonchev–Trinajstić information content (AvgIpc) is 2.50. The van der Waals surface area contributed by atoms with Crippen molar-refractivity contribution in [1.29, 1.82) is 0 Å². The molecule has 0 aromatic heterocycles. The molecule has 1 saturated heterocycles. The second kappa shape index (κ2) is 8.00. The van der Waals surface area contributed by atoms with Gasteiger partial charge in [-0.2, -0.15) is 0 Å². The van der Waals surface area contributed by atoms with Crippen LogP contribution in [0.2, 0.25) is 0 Å². The number of anilines is 1. The molecule has 1 aromatic rings. The molecule has 5 nitrogen and oxygen atoms in total. The van der Waals surface area contributed by atoms with Crippen molar-refractivity contribution in [1.82, 2.24) is 10.2 Å². The smallest absolute Gasteiger partial charge is 0.238 e. The van der Waals surface area contributed by atoms with E-state index in [1.807, 2.05) is 38.2 Å². The standard InChI is InChI=1S/C16H25N3O2/c1-3-21-15-8-6-13(7-9-15)18-16(20)12-19(2)14-5-4-10-17-11-14/h6-9,14,17H,3-5,10-12H2,1-2H3,(H,18,20). The van der Waals surface area contributed by atoms with Crippen LogP contribution in [-0.2, 0) is 4.79 Å². The van der Waals surface area contributed by atoms with Gasteiger partial charge in [0.25, 0.3) is 0 Å². The van der Waals surface area contributed by atoms with Crippen molar-refractivity contribution < 1.29 is 9.53 Å². The lowest BCUT2D eigenvalue weighted by Gasteiger charge is -2.31. The van der Waals surface area contributed by atoms with Gasteiger partial charge in [-0.3, -0.25) is 9.69 Å². The van der Waals surface area contributed by atoms with Gasteiger partial charge in [-0.1, -0.05) is 0 Å². The van der Waals surface area contributed by atoms with Crippen LogP contribution in [0.15, 0.2) is 24.3 Å². The van der Waals surface area contributed by atoms with Crippen LogP contribution >= 0.6 is 0 Å². The summed E-state index contributed by atoms with van der Waals surface area (Å²) in [5.74, 6) is 0.841. The molecule has 116 valence electrons. The Hall–Kier alpha value is -1.59. The molecule has 1 aromatic carbocycles. The van der Waals surface area contributed by atoms with Crippen LogP contribution in [0, 0.1) is 0 Å². The minimum atomic E-state index is 0.0206. The maximum atomic E-state index is 12.1. The normalized spacial score (nSPS) is 18.5. The second-order valence-corrected chi connectivity index (χ2v) is 5.42. The maximum absolute atomic E-state index is 12.1. The van der Waals surface area contributed by atoms with Crippen molar-refractivity contribution in [3.8, 4) is 5.75 Å². The van der Waals surface area contributed by atoms with Crippen molar-refractivity contribution >= 4 is 11.6 Å². The van der Waals surface area contributed by atoms with Crippen LogP contribution in [0.25, 0.3) is 0 Å². The zero-order valence-corrected chi connectivity index (χ0v) is 12.9. The molecule has 5 heteroatoms. The van der Waals surface area contributed by atoms with Gasteiger partial charge in [0.05, 0.1) is 13.2 Å². The molecule has 0 radical (unpaired) electrons. The lowest BCUT2D eigenvalue weighted by atomic mass is 10.1. The summed E-state index contributed by atoms with van der Waals surface area (Å²) in [6.07, 6.45) is 2.33. The molecule has 1 atom stereocenters. The summed E-state index contributed by atoms with van der Waals surface area (Å²) in [5.41, 5.74) is 0.804. The van der Waals surface area contributed by atoms with Gasteiger partial charge in [-0.05, 0) is 57.6 Å². The number of hydrogen-bond acceptors (Lipinski definition) is 4. The van der Waals surface area contributed by atoms with Crippen LogP contribution in [0.3, 0.4) is 0 Å². The Labute approximate surface area is 126 Å². The van der Waals surface area contributed by atoms with E-state index in [1.54, 1.807) is 0 Å². The Balaban J connectivity index is 1.80. The van der Waals surface area contributed by atoms with Crippen molar-refractivity contribution in [3.63, 3.8) is 0 Å². The van der Waals surface area contributed by atoms with Gasteiger partial charge in [-0.15, -0.1) is 0 Å². The Kier molecular flexibility index (Phi) is 6.02. The third-order valence-electron chi connectivity index (χ3n) is 3.74. The molecule has 1 aliphatic heterocycles. The molecule has 0 spiro atoms. The molecule has 1 aliphatic rings. The zero-order valence-electron chi connectivity index (χ0n) is 12.9. The minimum absolute atomic E-state index is 0.0206. The fourth-order valence-electron chi connectivity index (χ4n) is 2.57. The van der Waals surface area contributed by atoms with E-state index in [4.69, 9.17) is 4.74 Å². The first-order valence-electron chi connectivity index (χ1n) is 7.62. The van der Waals surface area contributed by atoms with E-state index in [0.717, 1.165) is 30.9 Å². The number of rotatable bonds is 6. The number of carbonyl (C=O) groups is 1. The minimum Gasteiger partial charge on any atom is -0.494 e. The first kappa shape index (κ1) is 15.8.